The Morgan fingerprint density at radius 2 is 2.20 bits per heavy atom. The maximum absolute atomic E-state index is 13.6. The van der Waals surface area contributed by atoms with E-state index in [9.17, 15) is 14.0 Å². The van der Waals surface area contributed by atoms with Crippen molar-refractivity contribution in [3.05, 3.63) is 28.5 Å². The van der Waals surface area contributed by atoms with Crippen molar-refractivity contribution in [1.82, 2.24) is 4.90 Å². The van der Waals surface area contributed by atoms with E-state index >= 15 is 0 Å². The summed E-state index contributed by atoms with van der Waals surface area (Å²) in [5, 5.41) is 11.4. The Morgan fingerprint density at radius 1 is 1.45 bits per heavy atom. The number of hydrogen-bond donors (Lipinski definition) is 2. The molecule has 1 fully saturated rings. The molecule has 108 valence electrons. The highest BCUT2D eigenvalue weighted by atomic mass is 79.9. The smallest absolute Gasteiger partial charge is 0.321 e. The van der Waals surface area contributed by atoms with Crippen LogP contribution in [0.4, 0.5) is 14.9 Å². The van der Waals surface area contributed by atoms with Crippen LogP contribution < -0.4 is 5.32 Å². The predicted molar refractivity (Wildman–Crippen MR) is 75.1 cm³/mol. The van der Waals surface area contributed by atoms with E-state index in [-0.39, 0.29) is 12.2 Å². The van der Waals surface area contributed by atoms with Crippen LogP contribution in [0.3, 0.4) is 0 Å². The molecule has 0 spiro atoms. The van der Waals surface area contributed by atoms with E-state index in [1.165, 1.54) is 17.0 Å². The lowest BCUT2D eigenvalue weighted by molar-refractivity contribution is -0.143. The number of carbonyl (C=O) groups excluding carboxylic acids is 1. The van der Waals surface area contributed by atoms with Gasteiger partial charge in [-0.25, -0.2) is 9.18 Å². The first kappa shape index (κ1) is 14.8. The fraction of sp³-hybridized carbons (Fsp3) is 0.385. The van der Waals surface area contributed by atoms with Gasteiger partial charge in [0.1, 0.15) is 5.82 Å². The average Bonchev–Trinajstić information content (AvgIpc) is 2.42. The molecule has 1 aromatic carbocycles. The Hall–Kier alpha value is -1.63. The number of nitrogens with zero attached hydrogens (tertiary/aromatic N) is 1. The summed E-state index contributed by atoms with van der Waals surface area (Å²) in [5.41, 5.74) is 0.0793. The van der Waals surface area contributed by atoms with Crippen LogP contribution in [-0.4, -0.2) is 35.1 Å². The van der Waals surface area contributed by atoms with Gasteiger partial charge in [-0.15, -0.1) is 0 Å². The molecular formula is C13H14BrFN2O3. The number of amides is 2. The SMILES string of the molecule is O=C(O)C1CCCN(C(=O)Nc2ccc(Br)cc2F)C1. The summed E-state index contributed by atoms with van der Waals surface area (Å²) < 4.78 is 14.2. The minimum absolute atomic E-state index is 0.0793. The lowest BCUT2D eigenvalue weighted by Crippen LogP contribution is -2.44. The molecule has 7 heteroatoms. The van der Waals surface area contributed by atoms with Crippen LogP contribution >= 0.6 is 15.9 Å². The monoisotopic (exact) mass is 344 g/mol. The third-order valence-corrected chi connectivity index (χ3v) is 3.72. The fourth-order valence-electron chi connectivity index (χ4n) is 2.15. The molecule has 0 aliphatic carbocycles. The number of likely N-dealkylation sites (tertiary alicyclic amines) is 1. The minimum Gasteiger partial charge on any atom is -0.481 e. The number of anilines is 1. The minimum atomic E-state index is -0.905. The molecule has 2 N–H and O–H groups in total. The van der Waals surface area contributed by atoms with Crippen molar-refractivity contribution in [1.29, 1.82) is 0 Å². The molecule has 2 amide bonds. The molecular weight excluding hydrogens is 331 g/mol. The van der Waals surface area contributed by atoms with Crippen molar-refractivity contribution < 1.29 is 19.1 Å². The van der Waals surface area contributed by atoms with Crippen LogP contribution in [-0.2, 0) is 4.79 Å². The van der Waals surface area contributed by atoms with Gasteiger partial charge in [-0.05, 0) is 31.0 Å². The quantitative estimate of drug-likeness (QED) is 0.866. The molecule has 0 radical (unpaired) electrons. The van der Waals surface area contributed by atoms with Gasteiger partial charge in [-0.1, -0.05) is 15.9 Å². The maximum Gasteiger partial charge on any atom is 0.321 e. The molecule has 1 aliphatic rings. The Kier molecular flexibility index (Phi) is 4.59. The molecule has 1 heterocycles. The third kappa shape index (κ3) is 3.47. The van der Waals surface area contributed by atoms with Gasteiger partial charge in [-0.3, -0.25) is 4.79 Å². The number of aliphatic carboxylic acids is 1. The van der Waals surface area contributed by atoms with Gasteiger partial charge < -0.3 is 15.3 Å². The van der Waals surface area contributed by atoms with Crippen molar-refractivity contribution in [3.8, 4) is 0 Å². The molecule has 1 unspecified atom stereocenters. The summed E-state index contributed by atoms with van der Waals surface area (Å²) in [4.78, 5) is 24.4. The summed E-state index contributed by atoms with van der Waals surface area (Å²) in [7, 11) is 0. The van der Waals surface area contributed by atoms with E-state index in [1.807, 2.05) is 0 Å². The first-order chi connectivity index (χ1) is 9.47. The van der Waals surface area contributed by atoms with Crippen molar-refractivity contribution in [2.75, 3.05) is 18.4 Å². The lowest BCUT2D eigenvalue weighted by Gasteiger charge is -2.30. The summed E-state index contributed by atoms with van der Waals surface area (Å²) in [6, 6.07) is 3.86. The van der Waals surface area contributed by atoms with Gasteiger partial charge in [-0.2, -0.15) is 0 Å². The maximum atomic E-state index is 13.6. The van der Waals surface area contributed by atoms with Crippen LogP contribution in [0.5, 0.6) is 0 Å². The molecule has 1 aliphatic heterocycles. The largest absolute Gasteiger partial charge is 0.481 e. The van der Waals surface area contributed by atoms with Crippen LogP contribution in [0.1, 0.15) is 12.8 Å². The Labute approximate surface area is 123 Å². The number of hydrogen-bond acceptors (Lipinski definition) is 2. The second kappa shape index (κ2) is 6.21. The van der Waals surface area contributed by atoms with Crippen molar-refractivity contribution in [3.63, 3.8) is 0 Å². The van der Waals surface area contributed by atoms with E-state index in [2.05, 4.69) is 21.2 Å². The first-order valence-electron chi connectivity index (χ1n) is 6.21. The van der Waals surface area contributed by atoms with Gasteiger partial charge in [0.25, 0.3) is 0 Å². The van der Waals surface area contributed by atoms with Crippen molar-refractivity contribution >= 4 is 33.6 Å². The molecule has 5 nitrogen and oxygen atoms in total. The standard InChI is InChI=1S/C13H14BrFN2O3/c14-9-3-4-11(10(15)6-9)16-13(20)17-5-1-2-8(7-17)12(18)19/h3-4,6,8H,1-2,5,7H2,(H,16,20)(H,18,19). The molecule has 1 aromatic rings. The van der Waals surface area contributed by atoms with Crippen LogP contribution in [0.2, 0.25) is 0 Å². The lowest BCUT2D eigenvalue weighted by atomic mass is 9.99. The average molecular weight is 345 g/mol. The van der Waals surface area contributed by atoms with Crippen molar-refractivity contribution in [2.45, 2.75) is 12.8 Å². The molecule has 0 bridgehead atoms. The number of rotatable bonds is 2. The molecule has 1 saturated heterocycles. The van der Waals surface area contributed by atoms with Crippen LogP contribution in [0.15, 0.2) is 22.7 Å². The highest BCUT2D eigenvalue weighted by Gasteiger charge is 2.28. The van der Waals surface area contributed by atoms with E-state index < -0.39 is 23.7 Å². The molecule has 2 rings (SSSR count). The topological polar surface area (TPSA) is 69.6 Å². The number of nitrogens with one attached hydrogen (secondary N) is 1. The van der Waals surface area contributed by atoms with E-state index in [0.29, 0.717) is 23.9 Å². The summed E-state index contributed by atoms with van der Waals surface area (Å²) >= 11 is 3.13. The number of carboxylic acids is 1. The zero-order chi connectivity index (χ0) is 14.7. The van der Waals surface area contributed by atoms with E-state index in [0.717, 1.165) is 0 Å². The molecule has 0 aromatic heterocycles. The highest BCUT2D eigenvalue weighted by Crippen LogP contribution is 2.21. The molecule has 1 atom stereocenters. The molecule has 0 saturated carbocycles. The normalized spacial score (nSPS) is 18.7. The summed E-state index contributed by atoms with van der Waals surface area (Å²) in [5.74, 6) is -2.00. The second-order valence-corrected chi connectivity index (χ2v) is 5.59. The number of urea groups is 1. The Morgan fingerprint density at radius 3 is 2.85 bits per heavy atom. The second-order valence-electron chi connectivity index (χ2n) is 4.68. The van der Waals surface area contributed by atoms with E-state index in [4.69, 9.17) is 5.11 Å². The van der Waals surface area contributed by atoms with Gasteiger partial charge in [0, 0.05) is 17.6 Å². The number of carboxylic acid groups (broad SMARTS) is 1. The van der Waals surface area contributed by atoms with E-state index in [1.54, 1.807) is 6.07 Å². The number of carbonyl (C=O) groups is 2. The summed E-state index contributed by atoms with van der Waals surface area (Å²) in [6.07, 6.45) is 1.19. The molecule has 20 heavy (non-hydrogen) atoms. The number of benzene rings is 1. The van der Waals surface area contributed by atoms with Gasteiger partial charge in [0.2, 0.25) is 0 Å². The number of piperidine rings is 1. The predicted octanol–water partition coefficient (Wildman–Crippen LogP) is 2.92. The summed E-state index contributed by atoms with van der Waals surface area (Å²) in [6.45, 7) is 0.632. The van der Waals surface area contributed by atoms with Gasteiger partial charge in [0.05, 0.1) is 11.6 Å². The van der Waals surface area contributed by atoms with Crippen LogP contribution in [0.25, 0.3) is 0 Å². The highest BCUT2D eigenvalue weighted by molar-refractivity contribution is 9.10. The zero-order valence-corrected chi connectivity index (χ0v) is 12.2. The van der Waals surface area contributed by atoms with Gasteiger partial charge in [0.15, 0.2) is 0 Å². The Bertz CT molecular complexity index is 538. The van der Waals surface area contributed by atoms with Crippen LogP contribution in [0, 0.1) is 11.7 Å². The Balaban J connectivity index is 2.02. The fourth-order valence-corrected chi connectivity index (χ4v) is 2.48. The van der Waals surface area contributed by atoms with Gasteiger partial charge >= 0.3 is 12.0 Å². The first-order valence-corrected chi connectivity index (χ1v) is 7.00. The van der Waals surface area contributed by atoms with Crippen molar-refractivity contribution in [2.24, 2.45) is 5.92 Å². The number of halogens is 2. The third-order valence-electron chi connectivity index (χ3n) is 3.23. The zero-order valence-electron chi connectivity index (χ0n) is 10.6.